The Hall–Kier alpha value is -0.570. The number of carbonyl (C=O) groups is 1. The molecule has 5 aliphatic rings. The van der Waals surface area contributed by atoms with Crippen LogP contribution in [0.2, 0.25) is 0 Å². The van der Waals surface area contributed by atoms with Gasteiger partial charge in [0, 0.05) is 6.54 Å². The molecule has 3 nitrogen and oxygen atoms in total. The van der Waals surface area contributed by atoms with E-state index in [1.54, 1.807) is 0 Å². The van der Waals surface area contributed by atoms with Crippen molar-refractivity contribution in [2.24, 2.45) is 23.2 Å². The van der Waals surface area contributed by atoms with Crippen LogP contribution in [0, 0.1) is 23.2 Å². The summed E-state index contributed by atoms with van der Waals surface area (Å²) < 4.78 is 0. The highest BCUT2D eigenvalue weighted by Gasteiger charge is 2.56. The fourth-order valence-corrected chi connectivity index (χ4v) is 6.31. The summed E-state index contributed by atoms with van der Waals surface area (Å²) in [6, 6.07) is 0.0907. The number of hydrogen-bond donors (Lipinski definition) is 1. The molecule has 4 saturated carbocycles. The summed E-state index contributed by atoms with van der Waals surface area (Å²) in [4.78, 5) is 15.5. The fourth-order valence-electron chi connectivity index (χ4n) is 6.31. The number of carbonyl (C=O) groups excluding carboxylic acids is 1. The monoisotopic (exact) mass is 291 g/mol. The van der Waals surface area contributed by atoms with E-state index in [1.165, 1.54) is 25.7 Å². The molecular weight excluding hydrogens is 262 g/mol. The second-order valence-corrected chi connectivity index (χ2v) is 8.38. The highest BCUT2D eigenvalue weighted by Crippen LogP contribution is 2.60. The Bertz CT molecular complexity index is 384. The predicted molar refractivity (Wildman–Crippen MR) is 81.7 cm³/mol. The van der Waals surface area contributed by atoms with Gasteiger partial charge in [0.15, 0.2) is 0 Å². The highest BCUT2D eigenvalue weighted by molar-refractivity contribution is 5.83. The molecule has 4 bridgehead atoms. The van der Waals surface area contributed by atoms with Gasteiger partial charge in [0.1, 0.15) is 0 Å². The molecule has 1 amide bonds. The van der Waals surface area contributed by atoms with Crippen molar-refractivity contribution < 1.29 is 9.90 Å². The molecule has 0 radical (unpaired) electrons. The van der Waals surface area contributed by atoms with Crippen molar-refractivity contribution >= 4 is 5.91 Å². The molecule has 0 aromatic rings. The molecule has 1 aliphatic heterocycles. The smallest absolute Gasteiger partial charge is 0.229 e. The Morgan fingerprint density at radius 2 is 1.62 bits per heavy atom. The third kappa shape index (κ3) is 2.32. The van der Waals surface area contributed by atoms with Gasteiger partial charge in [0.2, 0.25) is 5.91 Å². The molecule has 21 heavy (non-hydrogen) atoms. The first-order chi connectivity index (χ1) is 10.2. The SMILES string of the molecule is O=C(N1CCCCCC1CO)C12CC3CC(CC(C3)C1)C2. The first-order valence-corrected chi connectivity index (χ1v) is 9.12. The largest absolute Gasteiger partial charge is 0.394 e. The van der Waals surface area contributed by atoms with Gasteiger partial charge in [-0.15, -0.1) is 0 Å². The van der Waals surface area contributed by atoms with Crippen molar-refractivity contribution in [3.05, 3.63) is 0 Å². The van der Waals surface area contributed by atoms with E-state index in [9.17, 15) is 9.90 Å². The number of nitrogens with zero attached hydrogens (tertiary/aromatic N) is 1. The minimum atomic E-state index is -0.0352. The highest BCUT2D eigenvalue weighted by atomic mass is 16.3. The van der Waals surface area contributed by atoms with E-state index < -0.39 is 0 Å². The normalized spacial score (nSPS) is 45.7. The minimum Gasteiger partial charge on any atom is -0.394 e. The molecule has 1 heterocycles. The van der Waals surface area contributed by atoms with E-state index in [0.717, 1.165) is 62.8 Å². The van der Waals surface area contributed by atoms with E-state index in [0.29, 0.717) is 5.91 Å². The molecule has 5 fully saturated rings. The van der Waals surface area contributed by atoms with Crippen molar-refractivity contribution in [1.82, 2.24) is 4.90 Å². The third-order valence-electron chi connectivity index (χ3n) is 6.84. The lowest BCUT2D eigenvalue weighted by Gasteiger charge is -2.57. The van der Waals surface area contributed by atoms with Crippen LogP contribution in [0.1, 0.15) is 64.2 Å². The number of aliphatic hydroxyl groups excluding tert-OH is 1. The topological polar surface area (TPSA) is 40.5 Å². The summed E-state index contributed by atoms with van der Waals surface area (Å²) in [7, 11) is 0. The lowest BCUT2D eigenvalue weighted by atomic mass is 9.49. The summed E-state index contributed by atoms with van der Waals surface area (Å²) in [6.45, 7) is 1.03. The lowest BCUT2D eigenvalue weighted by molar-refractivity contribution is -0.161. The zero-order valence-corrected chi connectivity index (χ0v) is 13.1. The molecule has 0 aromatic carbocycles. The fraction of sp³-hybridized carbons (Fsp3) is 0.944. The Morgan fingerprint density at radius 3 is 2.19 bits per heavy atom. The van der Waals surface area contributed by atoms with Gasteiger partial charge in [0.05, 0.1) is 18.1 Å². The molecule has 0 aromatic heterocycles. The van der Waals surface area contributed by atoms with Crippen LogP contribution < -0.4 is 0 Å². The van der Waals surface area contributed by atoms with Gasteiger partial charge >= 0.3 is 0 Å². The van der Waals surface area contributed by atoms with E-state index >= 15 is 0 Å². The van der Waals surface area contributed by atoms with Crippen LogP contribution in [0.15, 0.2) is 0 Å². The average Bonchev–Trinajstić information content (AvgIpc) is 2.70. The van der Waals surface area contributed by atoms with Crippen LogP contribution in [0.3, 0.4) is 0 Å². The number of likely N-dealkylation sites (tertiary alicyclic amines) is 1. The Kier molecular flexibility index (Phi) is 3.52. The van der Waals surface area contributed by atoms with Gasteiger partial charge in [-0.2, -0.15) is 0 Å². The van der Waals surface area contributed by atoms with Gasteiger partial charge < -0.3 is 10.0 Å². The first kappa shape index (κ1) is 14.0. The Labute approximate surface area is 128 Å². The molecule has 1 atom stereocenters. The number of rotatable bonds is 2. The number of aliphatic hydroxyl groups is 1. The summed E-state index contributed by atoms with van der Waals surface area (Å²) in [5, 5.41) is 9.72. The minimum absolute atomic E-state index is 0.0352. The van der Waals surface area contributed by atoms with Crippen LogP contribution in [-0.2, 0) is 4.79 Å². The molecule has 1 N–H and O–H groups in total. The summed E-state index contributed by atoms with van der Waals surface area (Å²) in [5.74, 6) is 2.88. The van der Waals surface area contributed by atoms with Crippen molar-refractivity contribution in [2.45, 2.75) is 70.3 Å². The standard InChI is InChI=1S/C18H29NO2/c20-12-16-4-2-1-3-5-19(16)17(21)18-9-13-6-14(10-18)8-15(7-13)11-18/h13-16,20H,1-12H2. The second-order valence-electron chi connectivity index (χ2n) is 8.38. The van der Waals surface area contributed by atoms with Gasteiger partial charge in [-0.25, -0.2) is 0 Å². The maximum atomic E-state index is 13.4. The number of hydrogen-bond acceptors (Lipinski definition) is 2. The number of amides is 1. The van der Waals surface area contributed by atoms with E-state index in [1.807, 2.05) is 0 Å². The Balaban J connectivity index is 1.58. The first-order valence-electron chi connectivity index (χ1n) is 9.12. The molecule has 118 valence electrons. The predicted octanol–water partition coefficient (Wildman–Crippen LogP) is 2.97. The van der Waals surface area contributed by atoms with Crippen LogP contribution >= 0.6 is 0 Å². The lowest BCUT2D eigenvalue weighted by Crippen LogP contribution is -2.57. The summed E-state index contributed by atoms with van der Waals surface area (Å²) >= 11 is 0. The van der Waals surface area contributed by atoms with Gasteiger partial charge in [0.25, 0.3) is 0 Å². The van der Waals surface area contributed by atoms with Gasteiger partial charge in [-0.05, 0) is 69.1 Å². The third-order valence-corrected chi connectivity index (χ3v) is 6.84. The quantitative estimate of drug-likeness (QED) is 0.849. The van der Waals surface area contributed by atoms with Crippen LogP contribution in [0.5, 0.6) is 0 Å². The Morgan fingerprint density at radius 1 is 1.00 bits per heavy atom. The van der Waals surface area contributed by atoms with Crippen molar-refractivity contribution in [3.63, 3.8) is 0 Å². The van der Waals surface area contributed by atoms with E-state index in [2.05, 4.69) is 4.90 Å². The van der Waals surface area contributed by atoms with Crippen molar-refractivity contribution in [2.75, 3.05) is 13.2 Å². The molecular formula is C18H29NO2. The second kappa shape index (κ2) is 5.26. The molecule has 0 spiro atoms. The molecule has 5 rings (SSSR count). The molecule has 3 heteroatoms. The van der Waals surface area contributed by atoms with E-state index in [4.69, 9.17) is 0 Å². The zero-order valence-electron chi connectivity index (χ0n) is 13.1. The van der Waals surface area contributed by atoms with Crippen molar-refractivity contribution in [1.29, 1.82) is 0 Å². The average molecular weight is 291 g/mol. The summed E-state index contributed by atoms with van der Waals surface area (Å²) in [6.07, 6.45) is 12.1. The van der Waals surface area contributed by atoms with Crippen LogP contribution in [-0.4, -0.2) is 35.1 Å². The summed E-state index contributed by atoms with van der Waals surface area (Å²) in [5.41, 5.74) is -0.0352. The van der Waals surface area contributed by atoms with Gasteiger partial charge in [-0.3, -0.25) is 4.79 Å². The van der Waals surface area contributed by atoms with Crippen LogP contribution in [0.4, 0.5) is 0 Å². The molecule has 4 aliphatic carbocycles. The molecule has 1 saturated heterocycles. The van der Waals surface area contributed by atoms with Gasteiger partial charge in [-0.1, -0.05) is 12.8 Å². The zero-order chi connectivity index (χ0) is 14.4. The van der Waals surface area contributed by atoms with Crippen molar-refractivity contribution in [3.8, 4) is 0 Å². The van der Waals surface area contributed by atoms with E-state index in [-0.39, 0.29) is 18.1 Å². The maximum Gasteiger partial charge on any atom is 0.229 e. The maximum absolute atomic E-state index is 13.4. The van der Waals surface area contributed by atoms with Crippen LogP contribution in [0.25, 0.3) is 0 Å². The molecule has 1 unspecified atom stereocenters.